The van der Waals surface area contributed by atoms with Gasteiger partial charge in [0.2, 0.25) is 0 Å². The molecule has 2 nitrogen and oxygen atoms in total. The van der Waals surface area contributed by atoms with Crippen LogP contribution in [0.5, 0.6) is 0 Å². The number of benzene rings is 1. The lowest BCUT2D eigenvalue weighted by atomic mass is 9.65. The fraction of sp³-hybridized carbons (Fsp3) is 0.667. The zero-order valence-electron chi connectivity index (χ0n) is 13.3. The van der Waals surface area contributed by atoms with E-state index in [4.69, 9.17) is 0 Å². The minimum Gasteiger partial charge on any atom is -0.394 e. The lowest BCUT2D eigenvalue weighted by Gasteiger charge is -2.48. The minimum atomic E-state index is -0.169. The van der Waals surface area contributed by atoms with Crippen molar-refractivity contribution in [3.8, 4) is 0 Å². The van der Waals surface area contributed by atoms with E-state index in [0.29, 0.717) is 17.8 Å². The van der Waals surface area contributed by atoms with Crippen molar-refractivity contribution in [3.63, 3.8) is 0 Å². The maximum absolute atomic E-state index is 10.2. The first-order valence-corrected chi connectivity index (χ1v) is 7.93. The predicted molar refractivity (Wildman–Crippen MR) is 86.0 cm³/mol. The normalized spacial score (nSPS) is 30.5. The maximum Gasteiger partial charge on any atom is 0.0664 e. The molecule has 0 spiro atoms. The smallest absolute Gasteiger partial charge is 0.0664 e. The van der Waals surface area contributed by atoms with Crippen LogP contribution in [0.15, 0.2) is 24.3 Å². The summed E-state index contributed by atoms with van der Waals surface area (Å²) in [4.78, 5) is 0. The van der Waals surface area contributed by atoms with Crippen LogP contribution in [0.2, 0.25) is 0 Å². The number of anilines is 1. The highest BCUT2D eigenvalue weighted by Gasteiger charge is 2.44. The molecule has 2 N–H and O–H groups in total. The average molecular weight is 275 g/mol. The highest BCUT2D eigenvalue weighted by molar-refractivity contribution is 5.52. The van der Waals surface area contributed by atoms with Gasteiger partial charge in [-0.2, -0.15) is 0 Å². The van der Waals surface area contributed by atoms with Gasteiger partial charge in [-0.25, -0.2) is 0 Å². The summed E-state index contributed by atoms with van der Waals surface area (Å²) in [5.41, 5.74) is 2.25. The molecule has 0 aromatic heterocycles. The molecule has 0 saturated heterocycles. The molecule has 1 saturated carbocycles. The van der Waals surface area contributed by atoms with Crippen LogP contribution in [0.25, 0.3) is 0 Å². The van der Waals surface area contributed by atoms with E-state index in [9.17, 15) is 5.11 Å². The number of rotatable bonds is 4. The number of aliphatic hydroxyl groups excluding tert-OH is 1. The van der Waals surface area contributed by atoms with Crippen molar-refractivity contribution < 1.29 is 5.11 Å². The molecule has 3 atom stereocenters. The summed E-state index contributed by atoms with van der Waals surface area (Å²) in [6.07, 6.45) is 3.54. The van der Waals surface area contributed by atoms with Crippen LogP contribution < -0.4 is 5.32 Å². The van der Waals surface area contributed by atoms with Gasteiger partial charge in [0, 0.05) is 5.69 Å². The molecule has 1 aliphatic carbocycles. The first kappa shape index (κ1) is 15.4. The van der Waals surface area contributed by atoms with Gasteiger partial charge in [0.1, 0.15) is 0 Å². The van der Waals surface area contributed by atoms with Gasteiger partial charge < -0.3 is 10.4 Å². The highest BCUT2D eigenvalue weighted by Crippen LogP contribution is 2.43. The SMILES string of the molecule is Cc1ccccc1NC1(CO)CC(C)CCC1C(C)C. The summed E-state index contributed by atoms with van der Waals surface area (Å²) in [6, 6.07) is 8.39. The molecule has 1 aromatic carbocycles. The number of aliphatic hydroxyl groups is 1. The molecule has 20 heavy (non-hydrogen) atoms. The zero-order chi connectivity index (χ0) is 14.8. The zero-order valence-corrected chi connectivity index (χ0v) is 13.3. The Bertz CT molecular complexity index is 443. The van der Waals surface area contributed by atoms with Crippen LogP contribution in [0, 0.1) is 24.7 Å². The largest absolute Gasteiger partial charge is 0.394 e. The number of hydrogen-bond donors (Lipinski definition) is 2. The monoisotopic (exact) mass is 275 g/mol. The van der Waals surface area contributed by atoms with Crippen LogP contribution in [-0.2, 0) is 0 Å². The van der Waals surface area contributed by atoms with E-state index in [0.717, 1.165) is 6.42 Å². The number of nitrogens with one attached hydrogen (secondary N) is 1. The predicted octanol–water partition coefficient (Wildman–Crippen LogP) is 4.23. The molecule has 3 unspecified atom stereocenters. The Labute approximate surface area is 123 Å². The maximum atomic E-state index is 10.2. The van der Waals surface area contributed by atoms with Crippen LogP contribution in [0.3, 0.4) is 0 Å². The molecule has 0 heterocycles. The van der Waals surface area contributed by atoms with Crippen molar-refractivity contribution >= 4 is 5.69 Å². The third-order valence-corrected chi connectivity index (χ3v) is 5.01. The summed E-state index contributed by atoms with van der Waals surface area (Å²) < 4.78 is 0. The molecule has 2 heteroatoms. The van der Waals surface area contributed by atoms with Crippen molar-refractivity contribution in [1.29, 1.82) is 0 Å². The molecule has 0 radical (unpaired) electrons. The quantitative estimate of drug-likeness (QED) is 0.862. The first-order chi connectivity index (χ1) is 9.48. The third kappa shape index (κ3) is 3.01. The molecular weight excluding hydrogens is 246 g/mol. The fourth-order valence-corrected chi connectivity index (χ4v) is 3.93. The van der Waals surface area contributed by atoms with Crippen molar-refractivity contribution in [2.45, 2.75) is 52.5 Å². The van der Waals surface area contributed by atoms with E-state index in [-0.39, 0.29) is 12.1 Å². The summed E-state index contributed by atoms with van der Waals surface area (Å²) >= 11 is 0. The molecule has 0 amide bonds. The molecule has 112 valence electrons. The van der Waals surface area contributed by atoms with Crippen LogP contribution in [0.4, 0.5) is 5.69 Å². The van der Waals surface area contributed by atoms with Gasteiger partial charge in [0.05, 0.1) is 12.1 Å². The minimum absolute atomic E-state index is 0.169. The van der Waals surface area contributed by atoms with Gasteiger partial charge in [-0.05, 0) is 49.1 Å². The van der Waals surface area contributed by atoms with Gasteiger partial charge in [-0.15, -0.1) is 0 Å². The van der Waals surface area contributed by atoms with E-state index in [1.165, 1.54) is 24.1 Å². The Morgan fingerprint density at radius 3 is 2.60 bits per heavy atom. The van der Waals surface area contributed by atoms with Crippen molar-refractivity contribution in [3.05, 3.63) is 29.8 Å². The Morgan fingerprint density at radius 1 is 1.30 bits per heavy atom. The second-order valence-electron chi connectivity index (χ2n) is 6.99. The number of aryl methyl sites for hydroxylation is 1. The van der Waals surface area contributed by atoms with Crippen molar-refractivity contribution in [2.24, 2.45) is 17.8 Å². The van der Waals surface area contributed by atoms with Gasteiger partial charge in [-0.1, -0.05) is 45.4 Å². The van der Waals surface area contributed by atoms with Crippen molar-refractivity contribution in [2.75, 3.05) is 11.9 Å². The van der Waals surface area contributed by atoms with E-state index in [1.807, 2.05) is 0 Å². The van der Waals surface area contributed by atoms with Crippen LogP contribution in [-0.4, -0.2) is 17.3 Å². The molecule has 1 fully saturated rings. The Balaban J connectivity index is 2.32. The molecule has 1 aromatic rings. The Morgan fingerprint density at radius 2 is 2.00 bits per heavy atom. The van der Waals surface area contributed by atoms with Gasteiger partial charge in [0.15, 0.2) is 0 Å². The Kier molecular flexibility index (Phi) is 4.74. The van der Waals surface area contributed by atoms with Crippen LogP contribution in [0.1, 0.15) is 45.6 Å². The average Bonchev–Trinajstić information content (AvgIpc) is 2.41. The Hall–Kier alpha value is -1.02. The second-order valence-corrected chi connectivity index (χ2v) is 6.99. The fourth-order valence-electron chi connectivity index (χ4n) is 3.93. The van der Waals surface area contributed by atoms with Crippen molar-refractivity contribution in [1.82, 2.24) is 0 Å². The van der Waals surface area contributed by atoms with E-state index >= 15 is 0 Å². The highest BCUT2D eigenvalue weighted by atomic mass is 16.3. The standard InChI is InChI=1S/C18H29NO/c1-13(2)16-10-9-14(3)11-18(16,12-20)19-17-8-6-5-7-15(17)4/h5-8,13-14,16,19-20H,9-12H2,1-4H3. The lowest BCUT2D eigenvalue weighted by molar-refractivity contribution is 0.0684. The third-order valence-electron chi connectivity index (χ3n) is 5.01. The van der Waals surface area contributed by atoms with Gasteiger partial charge >= 0.3 is 0 Å². The number of para-hydroxylation sites is 1. The summed E-state index contributed by atoms with van der Waals surface area (Å²) in [5, 5.41) is 13.9. The molecule has 0 bridgehead atoms. The van der Waals surface area contributed by atoms with Crippen LogP contribution >= 0.6 is 0 Å². The number of hydrogen-bond acceptors (Lipinski definition) is 2. The van der Waals surface area contributed by atoms with Gasteiger partial charge in [-0.3, -0.25) is 0 Å². The van der Waals surface area contributed by atoms with E-state index in [1.54, 1.807) is 0 Å². The van der Waals surface area contributed by atoms with E-state index < -0.39 is 0 Å². The van der Waals surface area contributed by atoms with E-state index in [2.05, 4.69) is 57.3 Å². The summed E-state index contributed by atoms with van der Waals surface area (Å²) in [5.74, 6) is 1.79. The molecular formula is C18H29NO. The molecule has 0 aliphatic heterocycles. The summed E-state index contributed by atoms with van der Waals surface area (Å²) in [7, 11) is 0. The topological polar surface area (TPSA) is 32.3 Å². The molecule has 2 rings (SSSR count). The lowest BCUT2D eigenvalue weighted by Crippen LogP contribution is -2.54. The second kappa shape index (κ2) is 6.17. The first-order valence-electron chi connectivity index (χ1n) is 7.93. The summed E-state index contributed by atoms with van der Waals surface area (Å²) in [6.45, 7) is 9.22. The van der Waals surface area contributed by atoms with Gasteiger partial charge in [0.25, 0.3) is 0 Å². The molecule has 1 aliphatic rings.